The lowest BCUT2D eigenvalue weighted by Crippen LogP contribution is -2.32. The van der Waals surface area contributed by atoms with Crippen LogP contribution < -0.4 is 0 Å². The molecule has 0 aliphatic carbocycles. The summed E-state index contributed by atoms with van der Waals surface area (Å²) in [6.45, 7) is 0.706. The molecule has 1 N–H and O–H groups in total. The zero-order chi connectivity index (χ0) is 20.2. The van der Waals surface area contributed by atoms with Crippen LogP contribution in [0.2, 0.25) is 0 Å². The summed E-state index contributed by atoms with van der Waals surface area (Å²) >= 11 is 0. The molecular formula is C23H29NO4. The van der Waals surface area contributed by atoms with Crippen LogP contribution >= 0.6 is 0 Å². The summed E-state index contributed by atoms with van der Waals surface area (Å²) in [6, 6.07) is 9.55. The monoisotopic (exact) mass is 383 g/mol. The highest BCUT2D eigenvalue weighted by Gasteiger charge is 2.28. The number of likely N-dealkylation sites (tertiary alicyclic amines) is 1. The van der Waals surface area contributed by atoms with Gasteiger partial charge in [-0.2, -0.15) is 0 Å². The van der Waals surface area contributed by atoms with E-state index in [1.54, 1.807) is 6.08 Å². The van der Waals surface area contributed by atoms with Gasteiger partial charge in [0, 0.05) is 24.9 Å². The van der Waals surface area contributed by atoms with E-state index in [0.717, 1.165) is 37.7 Å². The molecule has 2 atom stereocenters. The normalized spacial score (nSPS) is 17.4. The van der Waals surface area contributed by atoms with Gasteiger partial charge in [-0.3, -0.25) is 9.59 Å². The number of esters is 1. The average Bonchev–Trinajstić information content (AvgIpc) is 3.07. The maximum Gasteiger partial charge on any atom is 0.305 e. The molecule has 0 saturated carbocycles. The largest absolute Gasteiger partial charge is 0.469 e. The van der Waals surface area contributed by atoms with Crippen molar-refractivity contribution < 1.29 is 19.4 Å². The number of aliphatic hydroxyl groups is 1. The minimum absolute atomic E-state index is 0.0238. The number of aliphatic hydroxyl groups excluding tert-OH is 1. The Hall–Kier alpha value is -2.58. The van der Waals surface area contributed by atoms with E-state index in [1.165, 1.54) is 7.11 Å². The second-order valence-electron chi connectivity index (χ2n) is 6.90. The van der Waals surface area contributed by atoms with Gasteiger partial charge in [0.25, 0.3) is 0 Å². The fourth-order valence-corrected chi connectivity index (χ4v) is 3.21. The van der Waals surface area contributed by atoms with Gasteiger partial charge in [-0.15, -0.1) is 0 Å². The van der Waals surface area contributed by atoms with Crippen LogP contribution in [0.5, 0.6) is 0 Å². The Bertz CT molecular complexity index is 717. The third-order valence-electron chi connectivity index (χ3n) is 4.79. The summed E-state index contributed by atoms with van der Waals surface area (Å²) < 4.78 is 4.63. The first kappa shape index (κ1) is 21.7. The second kappa shape index (κ2) is 12.0. The van der Waals surface area contributed by atoms with Crippen molar-refractivity contribution in [1.29, 1.82) is 0 Å². The molecule has 1 aliphatic heterocycles. The number of carbonyl (C=O) groups excluding carboxylic acids is 2. The maximum atomic E-state index is 12.1. The molecule has 0 bridgehead atoms. The standard InChI is InChI=1S/C23H29NO4/c1-28-23(27)11-7-2-3-8-18-24-20(14-17-22(24)26)13-16-21(25)15-12-19-9-5-4-6-10-19/h4-6,9-10,13,16,20-21,25H,2-3,7-8,11,14,17-18H2,1H3/b16-13+/t20-,21-/m0/s1. The number of unbranched alkanes of at least 4 members (excludes halogenated alkanes) is 3. The number of nitrogens with zero attached hydrogens (tertiary/aromatic N) is 1. The molecule has 2 rings (SSSR count). The minimum atomic E-state index is -0.851. The lowest BCUT2D eigenvalue weighted by molar-refractivity contribution is -0.140. The number of rotatable bonds is 9. The van der Waals surface area contributed by atoms with Crippen LogP contribution in [0.3, 0.4) is 0 Å². The minimum Gasteiger partial charge on any atom is -0.469 e. The second-order valence-corrected chi connectivity index (χ2v) is 6.90. The zero-order valence-electron chi connectivity index (χ0n) is 16.5. The summed E-state index contributed by atoms with van der Waals surface area (Å²) in [6.07, 6.45) is 8.13. The fraction of sp³-hybridized carbons (Fsp3) is 0.478. The number of methoxy groups -OCH3 is 1. The van der Waals surface area contributed by atoms with Gasteiger partial charge in [-0.05, 0) is 37.5 Å². The van der Waals surface area contributed by atoms with Gasteiger partial charge in [-0.25, -0.2) is 0 Å². The molecule has 1 saturated heterocycles. The Morgan fingerprint density at radius 1 is 1.29 bits per heavy atom. The highest BCUT2D eigenvalue weighted by atomic mass is 16.5. The highest BCUT2D eigenvalue weighted by molar-refractivity contribution is 5.79. The average molecular weight is 383 g/mol. The van der Waals surface area contributed by atoms with Crippen molar-refractivity contribution in [3.63, 3.8) is 0 Å². The van der Waals surface area contributed by atoms with Crippen molar-refractivity contribution >= 4 is 11.9 Å². The lowest BCUT2D eigenvalue weighted by Gasteiger charge is -2.22. The Morgan fingerprint density at radius 2 is 2.04 bits per heavy atom. The Morgan fingerprint density at radius 3 is 2.79 bits per heavy atom. The summed E-state index contributed by atoms with van der Waals surface area (Å²) in [7, 11) is 1.40. The lowest BCUT2D eigenvalue weighted by atomic mass is 10.1. The van der Waals surface area contributed by atoms with Crippen molar-refractivity contribution in [3.05, 3.63) is 48.0 Å². The van der Waals surface area contributed by atoms with Crippen molar-refractivity contribution in [2.45, 2.75) is 57.1 Å². The molecule has 0 aromatic heterocycles. The molecular weight excluding hydrogens is 354 g/mol. The Kier molecular flexibility index (Phi) is 9.30. The van der Waals surface area contributed by atoms with Crippen LogP contribution in [0.25, 0.3) is 0 Å². The summed E-state index contributed by atoms with van der Waals surface area (Å²) in [5.41, 5.74) is 0.861. The van der Waals surface area contributed by atoms with Crippen LogP contribution in [0.1, 0.15) is 50.5 Å². The van der Waals surface area contributed by atoms with Crippen molar-refractivity contribution in [2.75, 3.05) is 13.7 Å². The number of amides is 1. The number of carbonyl (C=O) groups is 2. The molecule has 0 unspecified atom stereocenters. The summed E-state index contributed by atoms with van der Waals surface area (Å²) in [4.78, 5) is 25.1. The van der Waals surface area contributed by atoms with Crippen LogP contribution in [-0.4, -0.2) is 47.7 Å². The molecule has 1 aromatic rings. The summed E-state index contributed by atoms with van der Waals surface area (Å²) in [5, 5.41) is 10.1. The van der Waals surface area contributed by atoms with Crippen molar-refractivity contribution in [2.24, 2.45) is 0 Å². The van der Waals surface area contributed by atoms with Crippen molar-refractivity contribution in [3.8, 4) is 11.8 Å². The van der Waals surface area contributed by atoms with Crippen LogP contribution in [-0.2, 0) is 14.3 Å². The van der Waals surface area contributed by atoms with Crippen LogP contribution in [0.15, 0.2) is 42.5 Å². The molecule has 5 nitrogen and oxygen atoms in total. The Labute approximate surface area is 167 Å². The van der Waals surface area contributed by atoms with Crippen molar-refractivity contribution in [1.82, 2.24) is 4.90 Å². The molecule has 1 amide bonds. The van der Waals surface area contributed by atoms with Gasteiger partial charge in [0.1, 0.15) is 6.10 Å². The quantitative estimate of drug-likeness (QED) is 0.308. The molecule has 0 spiro atoms. The predicted octanol–water partition coefficient (Wildman–Crippen LogP) is 3.07. The van der Waals surface area contributed by atoms with Crippen LogP contribution in [0.4, 0.5) is 0 Å². The van der Waals surface area contributed by atoms with E-state index in [0.29, 0.717) is 19.4 Å². The number of hydrogen-bond donors (Lipinski definition) is 1. The molecule has 1 fully saturated rings. The van der Waals surface area contributed by atoms with E-state index < -0.39 is 6.10 Å². The number of benzene rings is 1. The van der Waals surface area contributed by atoms with Gasteiger partial charge in [0.2, 0.25) is 5.91 Å². The van der Waals surface area contributed by atoms with Gasteiger partial charge < -0.3 is 14.7 Å². The van der Waals surface area contributed by atoms with Crippen LogP contribution in [0, 0.1) is 11.8 Å². The summed E-state index contributed by atoms with van der Waals surface area (Å²) in [5.74, 6) is 5.74. The fourth-order valence-electron chi connectivity index (χ4n) is 3.21. The molecule has 1 heterocycles. The highest BCUT2D eigenvalue weighted by Crippen LogP contribution is 2.21. The van der Waals surface area contributed by atoms with Gasteiger partial charge in [0.15, 0.2) is 0 Å². The molecule has 0 radical (unpaired) electrons. The van der Waals surface area contributed by atoms with Gasteiger partial charge >= 0.3 is 5.97 Å². The van der Waals surface area contributed by atoms with E-state index in [1.807, 2.05) is 41.3 Å². The van der Waals surface area contributed by atoms with Gasteiger partial charge in [-0.1, -0.05) is 49.0 Å². The van der Waals surface area contributed by atoms with Gasteiger partial charge in [0.05, 0.1) is 13.2 Å². The SMILES string of the molecule is COC(=O)CCCCCCN1C(=O)CC[C@@H]1/C=C/[C@@H](O)C#Cc1ccccc1. The topological polar surface area (TPSA) is 66.8 Å². The maximum absolute atomic E-state index is 12.1. The number of ether oxygens (including phenoxy) is 1. The third-order valence-corrected chi connectivity index (χ3v) is 4.79. The van der Waals surface area contributed by atoms with E-state index in [2.05, 4.69) is 16.6 Å². The molecule has 28 heavy (non-hydrogen) atoms. The number of hydrogen-bond acceptors (Lipinski definition) is 4. The van der Waals surface area contributed by atoms with E-state index in [9.17, 15) is 14.7 Å². The van der Waals surface area contributed by atoms with E-state index in [4.69, 9.17) is 0 Å². The third kappa shape index (κ3) is 7.58. The smallest absolute Gasteiger partial charge is 0.305 e. The zero-order valence-corrected chi connectivity index (χ0v) is 16.5. The first-order chi connectivity index (χ1) is 13.6. The molecule has 5 heteroatoms. The molecule has 1 aliphatic rings. The Balaban J connectivity index is 1.75. The predicted molar refractivity (Wildman–Crippen MR) is 108 cm³/mol. The van der Waals surface area contributed by atoms with E-state index in [-0.39, 0.29) is 17.9 Å². The molecule has 150 valence electrons. The first-order valence-electron chi connectivity index (χ1n) is 9.89. The van der Waals surface area contributed by atoms with E-state index >= 15 is 0 Å². The molecule has 1 aromatic carbocycles. The first-order valence-corrected chi connectivity index (χ1v) is 9.89.